The Hall–Kier alpha value is -4.07. The molecule has 8 nitrogen and oxygen atoms in total. The summed E-state index contributed by atoms with van der Waals surface area (Å²) < 4.78 is 10.5. The Balaban J connectivity index is 1.59. The Morgan fingerprint density at radius 2 is 1.56 bits per heavy atom. The molecule has 0 fully saturated rings. The van der Waals surface area contributed by atoms with Crippen LogP contribution in [0.2, 0.25) is 0 Å². The third-order valence-electron chi connectivity index (χ3n) is 5.18. The van der Waals surface area contributed by atoms with Gasteiger partial charge < -0.3 is 25.4 Å². The zero-order valence-electron chi connectivity index (χ0n) is 20.9. The second kappa shape index (κ2) is 12.6. The van der Waals surface area contributed by atoms with E-state index in [2.05, 4.69) is 16.0 Å². The number of hydrogen-bond donors (Lipinski definition) is 3. The molecule has 0 spiro atoms. The molecule has 0 saturated heterocycles. The number of alkyl carbamates (subject to hydrolysis) is 2. The maximum atomic E-state index is 13.1. The number of carbonyl (C=O) groups excluding carboxylic acids is 3. The highest BCUT2D eigenvalue weighted by Gasteiger charge is 2.22. The number of rotatable bonds is 9. The van der Waals surface area contributed by atoms with Crippen LogP contribution in [0.15, 0.2) is 72.8 Å². The Morgan fingerprint density at radius 1 is 0.861 bits per heavy atom. The van der Waals surface area contributed by atoms with E-state index in [1.165, 1.54) is 0 Å². The minimum atomic E-state index is -0.861. The maximum Gasteiger partial charge on any atom is 0.408 e. The molecule has 0 aliphatic carbocycles. The molecule has 36 heavy (non-hydrogen) atoms. The van der Waals surface area contributed by atoms with Gasteiger partial charge in [-0.15, -0.1) is 0 Å². The maximum absolute atomic E-state index is 13.1. The first kappa shape index (κ1) is 26.5. The number of fused-ring (bicyclic) bond motifs is 1. The number of ether oxygens (including phenoxy) is 2. The van der Waals surface area contributed by atoms with E-state index >= 15 is 0 Å². The summed E-state index contributed by atoms with van der Waals surface area (Å²) in [5, 5.41) is 10.2. The highest BCUT2D eigenvalue weighted by Crippen LogP contribution is 2.19. The largest absolute Gasteiger partial charge is 0.445 e. The van der Waals surface area contributed by atoms with E-state index in [-0.39, 0.29) is 25.5 Å². The van der Waals surface area contributed by atoms with E-state index in [1.54, 1.807) is 20.8 Å². The highest BCUT2D eigenvalue weighted by molar-refractivity contribution is 5.98. The van der Waals surface area contributed by atoms with Crippen molar-refractivity contribution in [2.45, 2.75) is 51.9 Å². The average Bonchev–Trinajstić information content (AvgIpc) is 2.84. The SMILES string of the molecule is CC(C)(C)OC(=O)NCCC[C@H](NC(=O)OCc1ccccc1)C(=O)Nc1ccc2ccccc2c1. The first-order valence-electron chi connectivity index (χ1n) is 11.9. The zero-order valence-corrected chi connectivity index (χ0v) is 20.9. The average molecular weight is 492 g/mol. The van der Waals surface area contributed by atoms with Crippen molar-refractivity contribution < 1.29 is 23.9 Å². The van der Waals surface area contributed by atoms with Crippen LogP contribution in [-0.2, 0) is 20.9 Å². The second-order valence-corrected chi connectivity index (χ2v) is 9.38. The molecule has 0 unspecified atom stereocenters. The van der Waals surface area contributed by atoms with Crippen LogP contribution in [0.1, 0.15) is 39.2 Å². The number of benzene rings is 3. The summed E-state index contributed by atoms with van der Waals surface area (Å²) in [6.07, 6.45) is -0.503. The number of carbonyl (C=O) groups is 3. The van der Waals surface area contributed by atoms with Gasteiger partial charge in [-0.1, -0.05) is 60.7 Å². The van der Waals surface area contributed by atoms with Crippen LogP contribution in [-0.4, -0.2) is 36.3 Å². The molecule has 0 aliphatic rings. The van der Waals surface area contributed by atoms with Crippen molar-refractivity contribution in [2.24, 2.45) is 0 Å². The van der Waals surface area contributed by atoms with Crippen molar-refractivity contribution in [3.8, 4) is 0 Å². The summed E-state index contributed by atoms with van der Waals surface area (Å²) in [5.41, 5.74) is 0.859. The molecule has 3 rings (SSSR count). The van der Waals surface area contributed by atoms with Gasteiger partial charge in [0.05, 0.1) is 0 Å². The lowest BCUT2D eigenvalue weighted by Gasteiger charge is -2.21. The van der Waals surface area contributed by atoms with Crippen LogP contribution in [0, 0.1) is 0 Å². The molecule has 0 bridgehead atoms. The Kier molecular flexibility index (Phi) is 9.27. The first-order chi connectivity index (χ1) is 17.2. The standard InChI is InChI=1S/C28H33N3O5/c1-28(2,3)36-26(33)29-17-9-14-24(31-27(34)35-19-20-10-5-4-6-11-20)25(32)30-23-16-15-21-12-7-8-13-22(21)18-23/h4-8,10-13,15-16,18,24H,9,14,17,19H2,1-3H3,(H,29,33)(H,30,32)(H,31,34)/t24-/m0/s1. The van der Waals surface area contributed by atoms with Crippen molar-refractivity contribution >= 4 is 34.6 Å². The Morgan fingerprint density at radius 3 is 2.28 bits per heavy atom. The van der Waals surface area contributed by atoms with Gasteiger partial charge in [0, 0.05) is 12.2 Å². The topological polar surface area (TPSA) is 106 Å². The summed E-state index contributed by atoms with van der Waals surface area (Å²) in [6, 6.07) is 21.9. The summed E-state index contributed by atoms with van der Waals surface area (Å²) >= 11 is 0. The molecule has 3 aromatic carbocycles. The quantitative estimate of drug-likeness (QED) is 0.349. The minimum Gasteiger partial charge on any atom is -0.445 e. The van der Waals surface area contributed by atoms with Gasteiger partial charge >= 0.3 is 12.2 Å². The monoisotopic (exact) mass is 491 g/mol. The van der Waals surface area contributed by atoms with Gasteiger partial charge in [-0.2, -0.15) is 0 Å². The van der Waals surface area contributed by atoms with Crippen molar-refractivity contribution in [1.82, 2.24) is 10.6 Å². The van der Waals surface area contributed by atoms with Crippen LogP contribution >= 0.6 is 0 Å². The van der Waals surface area contributed by atoms with Crippen LogP contribution < -0.4 is 16.0 Å². The number of anilines is 1. The predicted molar refractivity (Wildman–Crippen MR) is 140 cm³/mol. The van der Waals surface area contributed by atoms with E-state index in [9.17, 15) is 14.4 Å². The van der Waals surface area contributed by atoms with Crippen LogP contribution in [0.5, 0.6) is 0 Å². The Labute approximate surface area is 211 Å². The molecular formula is C28H33N3O5. The number of nitrogens with one attached hydrogen (secondary N) is 3. The molecule has 0 saturated carbocycles. The lowest BCUT2D eigenvalue weighted by Crippen LogP contribution is -2.44. The molecule has 0 radical (unpaired) electrons. The van der Waals surface area contributed by atoms with Gasteiger partial charge in [-0.25, -0.2) is 9.59 Å². The molecular weight excluding hydrogens is 458 g/mol. The molecule has 8 heteroatoms. The third kappa shape index (κ3) is 8.94. The molecule has 0 aromatic heterocycles. The molecule has 0 heterocycles. The lowest BCUT2D eigenvalue weighted by molar-refractivity contribution is -0.118. The van der Waals surface area contributed by atoms with E-state index in [4.69, 9.17) is 9.47 Å². The van der Waals surface area contributed by atoms with E-state index in [0.29, 0.717) is 12.1 Å². The summed E-state index contributed by atoms with van der Waals surface area (Å²) in [6.45, 7) is 5.72. The molecule has 3 amide bonds. The normalized spacial score (nSPS) is 11.9. The fraction of sp³-hybridized carbons (Fsp3) is 0.321. The van der Waals surface area contributed by atoms with Crippen LogP contribution in [0.3, 0.4) is 0 Å². The van der Waals surface area contributed by atoms with E-state index in [0.717, 1.165) is 16.3 Å². The van der Waals surface area contributed by atoms with Gasteiger partial charge in [-0.05, 0) is 62.1 Å². The fourth-order valence-corrected chi connectivity index (χ4v) is 3.48. The smallest absolute Gasteiger partial charge is 0.408 e. The molecule has 190 valence electrons. The van der Waals surface area contributed by atoms with Crippen LogP contribution in [0.25, 0.3) is 10.8 Å². The van der Waals surface area contributed by atoms with Crippen molar-refractivity contribution in [1.29, 1.82) is 0 Å². The van der Waals surface area contributed by atoms with Crippen LogP contribution in [0.4, 0.5) is 15.3 Å². The first-order valence-corrected chi connectivity index (χ1v) is 11.9. The number of amides is 3. The van der Waals surface area contributed by atoms with Crippen molar-refractivity contribution in [2.75, 3.05) is 11.9 Å². The summed E-state index contributed by atoms with van der Waals surface area (Å²) in [5.74, 6) is -0.376. The molecule has 0 aliphatic heterocycles. The second-order valence-electron chi connectivity index (χ2n) is 9.38. The molecule has 3 N–H and O–H groups in total. The highest BCUT2D eigenvalue weighted by atomic mass is 16.6. The van der Waals surface area contributed by atoms with E-state index < -0.39 is 23.8 Å². The van der Waals surface area contributed by atoms with Gasteiger partial charge in [0.1, 0.15) is 18.2 Å². The van der Waals surface area contributed by atoms with Gasteiger partial charge in [0.2, 0.25) is 5.91 Å². The third-order valence-corrected chi connectivity index (χ3v) is 5.18. The Bertz CT molecular complexity index is 1170. The van der Waals surface area contributed by atoms with Gasteiger partial charge in [0.15, 0.2) is 0 Å². The molecule has 3 aromatic rings. The minimum absolute atomic E-state index is 0.0892. The van der Waals surface area contributed by atoms with E-state index in [1.807, 2.05) is 72.8 Å². The predicted octanol–water partition coefficient (Wildman–Crippen LogP) is 5.38. The summed E-state index contributed by atoms with van der Waals surface area (Å²) in [4.78, 5) is 37.4. The van der Waals surface area contributed by atoms with Crippen molar-refractivity contribution in [3.05, 3.63) is 78.4 Å². The number of hydrogen-bond acceptors (Lipinski definition) is 5. The fourth-order valence-electron chi connectivity index (χ4n) is 3.48. The van der Waals surface area contributed by atoms with Crippen molar-refractivity contribution in [3.63, 3.8) is 0 Å². The summed E-state index contributed by atoms with van der Waals surface area (Å²) in [7, 11) is 0. The lowest BCUT2D eigenvalue weighted by atomic mass is 10.1. The molecule has 1 atom stereocenters. The van der Waals surface area contributed by atoms with Gasteiger partial charge in [0.25, 0.3) is 0 Å². The zero-order chi connectivity index (χ0) is 26.0. The van der Waals surface area contributed by atoms with Gasteiger partial charge in [-0.3, -0.25) is 4.79 Å².